The van der Waals surface area contributed by atoms with Gasteiger partial charge in [-0.25, -0.2) is 29.5 Å². The highest BCUT2D eigenvalue weighted by molar-refractivity contribution is 7.19. The molecule has 5 aliphatic rings. The number of benzene rings is 1. The van der Waals surface area contributed by atoms with E-state index < -0.39 is 0 Å². The van der Waals surface area contributed by atoms with Crippen LogP contribution in [0, 0.1) is 0 Å². The van der Waals surface area contributed by atoms with Crippen molar-refractivity contribution in [2.24, 2.45) is 4.99 Å². The lowest BCUT2D eigenvalue weighted by atomic mass is 10.0. The van der Waals surface area contributed by atoms with Gasteiger partial charge in [-0.05, 0) is 47.2 Å². The Morgan fingerprint density at radius 2 is 1.35 bits per heavy atom. The van der Waals surface area contributed by atoms with Crippen molar-refractivity contribution in [1.82, 2.24) is 39.5 Å². The Labute approximate surface area is 329 Å². The standard InChI is InChI=1S/C23H24N6O3S.C14H15ClN4O2S/c1-31-18-9-15-11-24-10-14(15)8-17(18)27-21-20-16-2-3-29(23(30)28-4-6-32-7-5-28)12-19(16)33-22(20)26-13-25-21;15-12-11-9-1-2-19(14(20)18-3-5-21-6-4-18)7-10(9)22-13(11)17-8-16-12/h8-10,13H,2-7,11-12H2,1H3,(H,25,26,27);8H,1-7H2. The predicted molar refractivity (Wildman–Crippen MR) is 211 cm³/mol. The summed E-state index contributed by atoms with van der Waals surface area (Å²) in [6, 6.07) is 4.28. The molecule has 5 aromatic rings. The van der Waals surface area contributed by atoms with E-state index in [-0.39, 0.29) is 12.1 Å². The first kappa shape index (κ1) is 36.0. The second kappa shape index (κ2) is 15.5. The lowest BCUT2D eigenvalue weighted by Crippen LogP contribution is -2.49. The number of methoxy groups -OCH3 is 1. The van der Waals surface area contributed by atoms with E-state index >= 15 is 0 Å². The molecule has 0 saturated carbocycles. The molecule has 286 valence electrons. The molecule has 0 spiro atoms. The zero-order valence-corrected chi connectivity index (χ0v) is 32.6. The van der Waals surface area contributed by atoms with Crippen molar-refractivity contribution in [2.75, 3.05) is 78.1 Å². The van der Waals surface area contributed by atoms with Gasteiger partial charge in [-0.15, -0.1) is 22.7 Å². The number of ether oxygens (including phenoxy) is 3. The van der Waals surface area contributed by atoms with Crippen LogP contribution < -0.4 is 10.1 Å². The Morgan fingerprint density at radius 3 is 1.96 bits per heavy atom. The maximum absolute atomic E-state index is 13.0. The number of fused-ring (bicyclic) bond motifs is 7. The average Bonchev–Trinajstić information content (AvgIpc) is 3.96. The van der Waals surface area contributed by atoms with Gasteiger partial charge in [0.25, 0.3) is 0 Å². The minimum Gasteiger partial charge on any atom is -0.495 e. The molecule has 9 heterocycles. The molecule has 0 radical (unpaired) electrons. The van der Waals surface area contributed by atoms with Crippen LogP contribution in [0.15, 0.2) is 29.8 Å². The monoisotopic (exact) mass is 802 g/mol. The van der Waals surface area contributed by atoms with Crippen LogP contribution in [0.25, 0.3) is 20.4 Å². The quantitative estimate of drug-likeness (QED) is 0.237. The van der Waals surface area contributed by atoms with Crippen molar-refractivity contribution in [2.45, 2.75) is 32.5 Å². The molecule has 2 saturated heterocycles. The van der Waals surface area contributed by atoms with Crippen LogP contribution in [0.3, 0.4) is 0 Å². The lowest BCUT2D eigenvalue weighted by molar-refractivity contribution is 0.0423. The van der Waals surface area contributed by atoms with Crippen molar-refractivity contribution in [1.29, 1.82) is 0 Å². The fraction of sp³-hybridized carbons (Fsp3) is 0.432. The SMILES string of the molecule is COc1cc2c(cc1Nc1ncnc3sc4c(c13)CCN(C(=O)N1CCOCC1)C4)C=NC2.O=C(N1CCOCC1)N1CCc2c(sc3ncnc(Cl)c23)C1. The first-order valence-electron chi connectivity index (χ1n) is 18.3. The summed E-state index contributed by atoms with van der Waals surface area (Å²) in [6.45, 7) is 8.42. The van der Waals surface area contributed by atoms with Crippen LogP contribution in [-0.4, -0.2) is 131 Å². The van der Waals surface area contributed by atoms with E-state index in [4.69, 9.17) is 25.8 Å². The van der Waals surface area contributed by atoms with Crippen LogP contribution in [0.1, 0.15) is 32.0 Å². The van der Waals surface area contributed by atoms with Gasteiger partial charge in [-0.2, -0.15) is 0 Å². The van der Waals surface area contributed by atoms with Gasteiger partial charge >= 0.3 is 12.1 Å². The summed E-state index contributed by atoms with van der Waals surface area (Å²) in [5.41, 5.74) is 5.53. The van der Waals surface area contributed by atoms with Crippen LogP contribution in [0.5, 0.6) is 5.75 Å². The molecule has 4 amide bonds. The molecular weight excluding hydrogens is 764 g/mol. The third kappa shape index (κ3) is 7.03. The number of halogens is 1. The number of aromatic nitrogens is 4. The number of rotatable bonds is 3. The first-order valence-corrected chi connectivity index (χ1v) is 20.3. The van der Waals surface area contributed by atoms with Crippen LogP contribution in [-0.2, 0) is 41.9 Å². The summed E-state index contributed by atoms with van der Waals surface area (Å²) in [4.78, 5) is 59.2. The van der Waals surface area contributed by atoms with Crippen LogP contribution >= 0.6 is 34.3 Å². The number of nitrogens with one attached hydrogen (secondary N) is 1. The molecule has 0 bridgehead atoms. The molecule has 55 heavy (non-hydrogen) atoms. The third-order valence-corrected chi connectivity index (χ3v) is 13.1. The average molecular weight is 803 g/mol. The van der Waals surface area contributed by atoms with Crippen molar-refractivity contribution in [3.63, 3.8) is 0 Å². The first-order chi connectivity index (χ1) is 26.9. The summed E-state index contributed by atoms with van der Waals surface area (Å²) in [5.74, 6) is 1.52. The topological polar surface area (TPSA) is 151 Å². The molecule has 15 nitrogen and oxygen atoms in total. The molecule has 0 atom stereocenters. The van der Waals surface area contributed by atoms with Gasteiger partial charge in [0.05, 0.1) is 69.6 Å². The van der Waals surface area contributed by atoms with E-state index in [2.05, 4.69) is 36.3 Å². The van der Waals surface area contributed by atoms with Gasteiger partial charge in [-0.1, -0.05) is 11.6 Å². The molecule has 18 heteroatoms. The molecule has 2 fully saturated rings. The van der Waals surface area contributed by atoms with Gasteiger partial charge in [-0.3, -0.25) is 4.99 Å². The summed E-state index contributed by atoms with van der Waals surface area (Å²) in [7, 11) is 1.67. The molecule has 4 aromatic heterocycles. The van der Waals surface area contributed by atoms with Crippen molar-refractivity contribution in [3.05, 3.63) is 61.9 Å². The molecular formula is C37H39ClN10O5S2. The summed E-state index contributed by atoms with van der Waals surface area (Å²) in [6.07, 6.45) is 6.55. The molecule has 10 rings (SSSR count). The van der Waals surface area contributed by atoms with E-state index in [1.807, 2.05) is 31.9 Å². The van der Waals surface area contributed by atoms with Crippen molar-refractivity contribution >= 4 is 84.5 Å². The predicted octanol–water partition coefficient (Wildman–Crippen LogP) is 5.34. The van der Waals surface area contributed by atoms with Crippen LogP contribution in [0.4, 0.5) is 21.1 Å². The highest BCUT2D eigenvalue weighted by Crippen LogP contribution is 2.41. The third-order valence-electron chi connectivity index (χ3n) is 10.5. The normalized spacial score (nSPS) is 17.8. The summed E-state index contributed by atoms with van der Waals surface area (Å²) >= 11 is 9.46. The number of carbonyl (C=O) groups excluding carboxylic acids is 2. The van der Waals surface area contributed by atoms with Gasteiger partial charge in [0.15, 0.2) is 0 Å². The zero-order valence-electron chi connectivity index (χ0n) is 30.3. The number of anilines is 2. The number of carbonyl (C=O) groups is 2. The smallest absolute Gasteiger partial charge is 0.320 e. The molecule has 1 N–H and O–H groups in total. The number of hydrogen-bond donors (Lipinski definition) is 1. The summed E-state index contributed by atoms with van der Waals surface area (Å²) in [5, 5.41) is 5.99. The van der Waals surface area contributed by atoms with E-state index in [0.29, 0.717) is 90.5 Å². The van der Waals surface area contributed by atoms with E-state index in [0.717, 1.165) is 61.7 Å². The fourth-order valence-corrected chi connectivity index (χ4v) is 10.4. The number of amides is 4. The largest absolute Gasteiger partial charge is 0.495 e. The Kier molecular flexibility index (Phi) is 10.1. The van der Waals surface area contributed by atoms with Crippen molar-refractivity contribution in [3.8, 4) is 5.75 Å². The minimum absolute atomic E-state index is 0.0929. The highest BCUT2D eigenvalue weighted by Gasteiger charge is 2.31. The Hall–Kier alpha value is -4.68. The number of nitrogens with zero attached hydrogens (tertiary/aromatic N) is 9. The number of urea groups is 2. The van der Waals surface area contributed by atoms with E-state index in [9.17, 15) is 9.59 Å². The van der Waals surface area contributed by atoms with Gasteiger partial charge in [0, 0.05) is 55.2 Å². The maximum atomic E-state index is 13.0. The minimum atomic E-state index is 0.0929. The van der Waals surface area contributed by atoms with Gasteiger partial charge in [0.1, 0.15) is 39.0 Å². The second-order valence-corrected chi connectivity index (χ2v) is 16.2. The Balaban J connectivity index is 0.000000157. The molecule has 1 aromatic carbocycles. The highest BCUT2D eigenvalue weighted by atomic mass is 35.5. The number of hydrogen-bond acceptors (Lipinski definition) is 13. The second-order valence-electron chi connectivity index (χ2n) is 13.7. The zero-order chi connectivity index (χ0) is 37.5. The summed E-state index contributed by atoms with van der Waals surface area (Å²) < 4.78 is 16.3. The number of aliphatic imine (C=N–C) groups is 1. The van der Waals surface area contributed by atoms with E-state index in [1.54, 1.807) is 36.1 Å². The Morgan fingerprint density at radius 1 is 0.764 bits per heavy atom. The van der Waals surface area contributed by atoms with Crippen molar-refractivity contribution < 1.29 is 23.8 Å². The fourth-order valence-electron chi connectivity index (χ4n) is 7.68. The maximum Gasteiger partial charge on any atom is 0.320 e. The molecule has 0 unspecified atom stereocenters. The Bertz CT molecular complexity index is 2310. The molecule has 5 aliphatic heterocycles. The van der Waals surface area contributed by atoms with Gasteiger partial charge < -0.3 is 39.1 Å². The lowest BCUT2D eigenvalue weighted by Gasteiger charge is -2.34. The number of morpholine rings is 2. The van der Waals surface area contributed by atoms with Gasteiger partial charge in [0.2, 0.25) is 0 Å². The van der Waals surface area contributed by atoms with Crippen LogP contribution in [0.2, 0.25) is 5.15 Å². The number of thiophene rings is 2. The molecule has 0 aliphatic carbocycles. The van der Waals surface area contributed by atoms with E-state index in [1.165, 1.54) is 27.2 Å².